The highest BCUT2D eigenvalue weighted by Gasteiger charge is 2.15. The van der Waals surface area contributed by atoms with Crippen LogP contribution in [0.15, 0.2) is 59.7 Å². The molecule has 0 bridgehead atoms. The fourth-order valence-corrected chi connectivity index (χ4v) is 2.70. The lowest BCUT2D eigenvalue weighted by Crippen LogP contribution is -2.15. The lowest BCUT2D eigenvalue weighted by molar-refractivity contribution is -0.112. The number of anilines is 1. The Labute approximate surface area is 154 Å². The average molecular weight is 371 g/mol. The van der Waals surface area contributed by atoms with Crippen LogP contribution in [0.2, 0.25) is 10.0 Å². The summed E-state index contributed by atoms with van der Waals surface area (Å²) in [4.78, 5) is 12.3. The molecular weight excluding hydrogens is 359 g/mol. The second-order valence-electron chi connectivity index (χ2n) is 5.29. The number of para-hydroxylation sites is 1. The number of carbonyl (C=O) groups excluding carboxylic acids is 1. The number of ether oxygens (including phenoxy) is 1. The molecule has 0 unspecified atom stereocenters. The van der Waals surface area contributed by atoms with Crippen LogP contribution in [0.3, 0.4) is 0 Å². The minimum absolute atomic E-state index is 0.0414. The molecule has 0 atom stereocenters. The van der Waals surface area contributed by atoms with E-state index in [1.54, 1.807) is 42.5 Å². The summed E-state index contributed by atoms with van der Waals surface area (Å²) in [5, 5.41) is 12.9. The summed E-state index contributed by atoms with van der Waals surface area (Å²) in [7, 11) is 0. The summed E-state index contributed by atoms with van der Waals surface area (Å²) >= 11 is 12.0. The van der Waals surface area contributed by atoms with Gasteiger partial charge in [-0.25, -0.2) is 0 Å². The van der Waals surface area contributed by atoms with Gasteiger partial charge in [0, 0.05) is 10.6 Å². The number of carbonyl (C=O) groups is 1. The predicted octanol–water partition coefficient (Wildman–Crippen LogP) is 4.86. The fourth-order valence-electron chi connectivity index (χ4n) is 2.34. The molecule has 6 heteroatoms. The quantitative estimate of drug-likeness (QED) is 0.619. The zero-order valence-electron chi connectivity index (χ0n) is 12.9. The van der Waals surface area contributed by atoms with Gasteiger partial charge in [0.05, 0.1) is 10.7 Å². The summed E-state index contributed by atoms with van der Waals surface area (Å²) in [5.74, 6) is 0.175. The Morgan fingerprint density at radius 2 is 2.04 bits per heavy atom. The molecule has 0 aliphatic carbocycles. The number of fused-ring (bicyclic) bond motifs is 1. The SMILES string of the molecule is N#C/C(=C/C1=Cc2cc(Cl)ccc2OC1)C(=O)Nc1ccccc1Cl. The molecule has 0 saturated carbocycles. The van der Waals surface area contributed by atoms with Crippen LogP contribution in [0.5, 0.6) is 5.75 Å². The van der Waals surface area contributed by atoms with Gasteiger partial charge in [-0.1, -0.05) is 35.3 Å². The van der Waals surface area contributed by atoms with Gasteiger partial charge in [-0.05, 0) is 48.1 Å². The molecule has 0 fully saturated rings. The molecule has 4 nitrogen and oxygen atoms in total. The van der Waals surface area contributed by atoms with Crippen molar-refractivity contribution >= 4 is 40.9 Å². The number of rotatable bonds is 3. The normalized spacial score (nSPS) is 13.2. The number of hydrogen-bond acceptors (Lipinski definition) is 3. The molecule has 1 aliphatic heterocycles. The molecule has 0 saturated heterocycles. The number of halogens is 2. The van der Waals surface area contributed by atoms with E-state index in [1.165, 1.54) is 6.08 Å². The summed E-state index contributed by atoms with van der Waals surface area (Å²) in [6.07, 6.45) is 3.33. The number of benzene rings is 2. The van der Waals surface area contributed by atoms with Crippen LogP contribution in [0.25, 0.3) is 6.08 Å². The Balaban J connectivity index is 1.85. The molecule has 2 aromatic carbocycles. The third-order valence-electron chi connectivity index (χ3n) is 3.52. The molecule has 0 aromatic heterocycles. The van der Waals surface area contributed by atoms with Crippen molar-refractivity contribution < 1.29 is 9.53 Å². The lowest BCUT2D eigenvalue weighted by atomic mass is 10.0. The van der Waals surface area contributed by atoms with Crippen molar-refractivity contribution in [1.29, 1.82) is 5.26 Å². The largest absolute Gasteiger partial charge is 0.488 e. The van der Waals surface area contributed by atoms with Gasteiger partial charge >= 0.3 is 0 Å². The Morgan fingerprint density at radius 1 is 1.24 bits per heavy atom. The van der Waals surface area contributed by atoms with Crippen molar-refractivity contribution in [3.05, 3.63) is 75.3 Å². The van der Waals surface area contributed by atoms with E-state index in [2.05, 4.69) is 5.32 Å². The first kappa shape index (κ1) is 17.1. The van der Waals surface area contributed by atoms with Gasteiger partial charge in [-0.3, -0.25) is 4.79 Å². The molecule has 25 heavy (non-hydrogen) atoms. The van der Waals surface area contributed by atoms with Crippen molar-refractivity contribution in [2.24, 2.45) is 0 Å². The number of nitriles is 1. The molecule has 1 N–H and O–H groups in total. The maximum atomic E-state index is 12.3. The average Bonchev–Trinajstić information content (AvgIpc) is 2.61. The van der Waals surface area contributed by atoms with Gasteiger partial charge in [0.15, 0.2) is 0 Å². The Kier molecular flexibility index (Phi) is 5.08. The maximum absolute atomic E-state index is 12.3. The van der Waals surface area contributed by atoms with Gasteiger partial charge in [-0.15, -0.1) is 0 Å². The van der Waals surface area contributed by atoms with Crippen molar-refractivity contribution in [3.63, 3.8) is 0 Å². The minimum atomic E-state index is -0.534. The van der Waals surface area contributed by atoms with E-state index in [1.807, 2.05) is 12.1 Å². The highest BCUT2D eigenvalue weighted by atomic mass is 35.5. The number of amides is 1. The van der Waals surface area contributed by atoms with Crippen molar-refractivity contribution in [3.8, 4) is 11.8 Å². The third-order valence-corrected chi connectivity index (χ3v) is 4.09. The smallest absolute Gasteiger partial charge is 0.266 e. The molecule has 1 aliphatic rings. The highest BCUT2D eigenvalue weighted by Crippen LogP contribution is 2.29. The first-order valence-electron chi connectivity index (χ1n) is 7.37. The number of nitrogens with one attached hydrogen (secondary N) is 1. The second-order valence-corrected chi connectivity index (χ2v) is 6.14. The van der Waals surface area contributed by atoms with Gasteiger partial charge in [0.1, 0.15) is 24.0 Å². The Bertz CT molecular complexity index is 943. The van der Waals surface area contributed by atoms with Crippen molar-refractivity contribution in [2.75, 3.05) is 11.9 Å². The van der Waals surface area contributed by atoms with E-state index in [-0.39, 0.29) is 12.2 Å². The van der Waals surface area contributed by atoms with E-state index < -0.39 is 5.91 Å². The molecule has 3 rings (SSSR count). The van der Waals surface area contributed by atoms with Gasteiger partial charge in [-0.2, -0.15) is 5.26 Å². The fraction of sp³-hybridized carbons (Fsp3) is 0.0526. The van der Waals surface area contributed by atoms with E-state index >= 15 is 0 Å². The van der Waals surface area contributed by atoms with Gasteiger partial charge in [0.2, 0.25) is 0 Å². The van der Waals surface area contributed by atoms with Crippen LogP contribution in [0.1, 0.15) is 5.56 Å². The predicted molar refractivity (Wildman–Crippen MR) is 98.7 cm³/mol. The Hall–Kier alpha value is -2.74. The first-order chi connectivity index (χ1) is 12.1. The van der Waals surface area contributed by atoms with E-state index in [4.69, 9.17) is 27.9 Å². The summed E-state index contributed by atoms with van der Waals surface area (Å²) in [6.45, 7) is 0.263. The van der Waals surface area contributed by atoms with E-state index in [0.717, 1.165) is 5.56 Å². The summed E-state index contributed by atoms with van der Waals surface area (Å²) < 4.78 is 5.62. The van der Waals surface area contributed by atoms with Crippen LogP contribution < -0.4 is 10.1 Å². The van der Waals surface area contributed by atoms with Crippen molar-refractivity contribution in [2.45, 2.75) is 0 Å². The Morgan fingerprint density at radius 3 is 2.80 bits per heavy atom. The maximum Gasteiger partial charge on any atom is 0.266 e. The van der Waals surface area contributed by atoms with Crippen LogP contribution in [-0.2, 0) is 4.79 Å². The minimum Gasteiger partial charge on any atom is -0.488 e. The van der Waals surface area contributed by atoms with Crippen LogP contribution >= 0.6 is 23.2 Å². The van der Waals surface area contributed by atoms with Gasteiger partial charge in [0.25, 0.3) is 5.91 Å². The van der Waals surface area contributed by atoms with Gasteiger partial charge < -0.3 is 10.1 Å². The zero-order chi connectivity index (χ0) is 17.8. The topological polar surface area (TPSA) is 62.1 Å². The molecule has 1 amide bonds. The lowest BCUT2D eigenvalue weighted by Gasteiger charge is -2.16. The van der Waals surface area contributed by atoms with Crippen LogP contribution in [0, 0.1) is 11.3 Å². The van der Waals surface area contributed by atoms with E-state index in [0.29, 0.717) is 27.1 Å². The molecular formula is C19H12Cl2N2O2. The third kappa shape index (κ3) is 4.03. The van der Waals surface area contributed by atoms with Crippen LogP contribution in [-0.4, -0.2) is 12.5 Å². The molecule has 124 valence electrons. The first-order valence-corrected chi connectivity index (χ1v) is 8.13. The second kappa shape index (κ2) is 7.43. The van der Waals surface area contributed by atoms with E-state index in [9.17, 15) is 10.1 Å². The van der Waals surface area contributed by atoms with Crippen LogP contribution in [0.4, 0.5) is 5.69 Å². The number of hydrogen-bond donors (Lipinski definition) is 1. The molecule has 0 spiro atoms. The molecule has 1 heterocycles. The molecule has 2 aromatic rings. The monoisotopic (exact) mass is 370 g/mol. The summed E-state index contributed by atoms with van der Waals surface area (Å²) in [5.41, 5.74) is 1.90. The van der Waals surface area contributed by atoms with Crippen molar-refractivity contribution in [1.82, 2.24) is 0 Å². The number of nitrogens with zero attached hydrogens (tertiary/aromatic N) is 1. The molecule has 0 radical (unpaired) electrons. The highest BCUT2D eigenvalue weighted by molar-refractivity contribution is 6.34. The zero-order valence-corrected chi connectivity index (χ0v) is 14.4. The standard InChI is InChI=1S/C19H12Cl2N2O2/c20-15-5-6-18-13(9-15)7-12(11-25-18)8-14(10-22)19(24)23-17-4-2-1-3-16(17)21/h1-9H,11H2,(H,23,24)/b14-8-. The summed E-state index contributed by atoms with van der Waals surface area (Å²) in [6, 6.07) is 14.0.